The zero-order chi connectivity index (χ0) is 26.3. The molecule has 1 saturated carbocycles. The highest BCUT2D eigenvalue weighted by molar-refractivity contribution is 6.02. The third-order valence-electron chi connectivity index (χ3n) is 7.85. The molecule has 0 N–H and O–H groups in total. The number of ether oxygens (including phenoxy) is 1. The predicted octanol–water partition coefficient (Wildman–Crippen LogP) is 5.29. The average Bonchev–Trinajstić information content (AvgIpc) is 3.47. The molecule has 0 bridgehead atoms. The van der Waals surface area contributed by atoms with E-state index >= 15 is 0 Å². The summed E-state index contributed by atoms with van der Waals surface area (Å²) in [6, 6.07) is 1.96. The SMILES string of the molecule is CC(C)C1CCC(n2cc(CC(=O)c3cnn4ccc(N5C[C@@H](C)O[C@H](C)C5)nc34)c(C(F)F)n2)CC1. The molecule has 1 aliphatic carbocycles. The Labute approximate surface area is 216 Å². The molecule has 8 nitrogen and oxygen atoms in total. The van der Waals surface area contributed by atoms with E-state index in [-0.39, 0.29) is 41.7 Å². The van der Waals surface area contributed by atoms with Crippen molar-refractivity contribution in [3.05, 3.63) is 41.5 Å². The van der Waals surface area contributed by atoms with E-state index in [1.807, 2.05) is 19.9 Å². The summed E-state index contributed by atoms with van der Waals surface area (Å²) in [4.78, 5) is 20.2. The van der Waals surface area contributed by atoms with Gasteiger partial charge in [0.05, 0.1) is 30.0 Å². The molecule has 0 spiro atoms. The van der Waals surface area contributed by atoms with Gasteiger partial charge >= 0.3 is 0 Å². The molecular formula is C27H36F2N6O2. The van der Waals surface area contributed by atoms with Crippen molar-refractivity contribution in [1.29, 1.82) is 0 Å². The molecule has 37 heavy (non-hydrogen) atoms. The van der Waals surface area contributed by atoms with Crippen molar-refractivity contribution in [2.75, 3.05) is 18.0 Å². The molecule has 3 aromatic heterocycles. The first-order chi connectivity index (χ1) is 17.7. The quantitative estimate of drug-likeness (QED) is 0.399. The van der Waals surface area contributed by atoms with Crippen LogP contribution in [0.25, 0.3) is 5.65 Å². The van der Waals surface area contributed by atoms with Crippen molar-refractivity contribution in [3.8, 4) is 0 Å². The molecule has 10 heteroatoms. The van der Waals surface area contributed by atoms with Crippen molar-refractivity contribution in [3.63, 3.8) is 0 Å². The highest BCUT2D eigenvalue weighted by atomic mass is 19.3. The lowest BCUT2D eigenvalue weighted by atomic mass is 9.80. The Morgan fingerprint density at radius 2 is 1.84 bits per heavy atom. The van der Waals surface area contributed by atoms with Crippen LogP contribution in [0.4, 0.5) is 14.6 Å². The number of anilines is 1. The average molecular weight is 515 g/mol. The molecule has 3 aromatic rings. The standard InChI is InChI=1S/C27H36F2N6O2/c1-16(2)19-5-7-21(8-6-19)35-15-20(25(32-35)26(28)29)11-23(36)22-12-30-34-10-9-24(31-27(22)34)33-13-17(3)37-18(4)14-33/h9-10,12,15-19,21,26H,5-8,11,13-14H2,1-4H3/t17-,18-,19?,21?/m1/s1. The molecule has 1 aliphatic heterocycles. The first kappa shape index (κ1) is 25.8. The molecule has 2 aliphatic rings. The van der Waals surface area contributed by atoms with Crippen molar-refractivity contribution < 1.29 is 18.3 Å². The van der Waals surface area contributed by atoms with E-state index in [1.165, 1.54) is 6.20 Å². The lowest BCUT2D eigenvalue weighted by Gasteiger charge is -2.36. The van der Waals surface area contributed by atoms with Crippen molar-refractivity contribution in [2.45, 2.75) is 84.5 Å². The fourth-order valence-electron chi connectivity index (χ4n) is 5.85. The van der Waals surface area contributed by atoms with Crippen LogP contribution in [0, 0.1) is 11.8 Å². The second-order valence-electron chi connectivity index (χ2n) is 11.0. The van der Waals surface area contributed by atoms with E-state index < -0.39 is 6.43 Å². The van der Waals surface area contributed by atoms with Gasteiger partial charge in [-0.05, 0) is 57.4 Å². The normalized spacial score (nSPS) is 24.9. The number of carbonyl (C=O) groups is 1. The zero-order valence-corrected chi connectivity index (χ0v) is 22.0. The number of morpholine rings is 1. The van der Waals surface area contributed by atoms with Gasteiger partial charge in [0.15, 0.2) is 11.4 Å². The fraction of sp³-hybridized carbons (Fsp3) is 0.630. The van der Waals surface area contributed by atoms with Crippen LogP contribution in [0.15, 0.2) is 24.7 Å². The van der Waals surface area contributed by atoms with E-state index in [4.69, 9.17) is 9.72 Å². The Balaban J connectivity index is 1.37. The van der Waals surface area contributed by atoms with Crippen molar-refractivity contribution >= 4 is 17.2 Å². The zero-order valence-electron chi connectivity index (χ0n) is 22.0. The maximum Gasteiger partial charge on any atom is 0.282 e. The van der Waals surface area contributed by atoms with Gasteiger partial charge in [-0.25, -0.2) is 18.3 Å². The van der Waals surface area contributed by atoms with Crippen LogP contribution in [-0.4, -0.2) is 55.5 Å². The van der Waals surface area contributed by atoms with Crippen LogP contribution in [-0.2, 0) is 11.2 Å². The molecule has 2 atom stereocenters. The van der Waals surface area contributed by atoms with E-state index in [1.54, 1.807) is 21.6 Å². The monoisotopic (exact) mass is 514 g/mol. The van der Waals surface area contributed by atoms with Crippen LogP contribution in [0.5, 0.6) is 0 Å². The van der Waals surface area contributed by atoms with E-state index in [0.29, 0.717) is 36.1 Å². The molecule has 0 radical (unpaired) electrons. The number of aromatic nitrogens is 5. The maximum absolute atomic E-state index is 13.9. The van der Waals surface area contributed by atoms with Crippen LogP contribution in [0.1, 0.15) is 87.5 Å². The molecule has 200 valence electrons. The number of hydrogen-bond acceptors (Lipinski definition) is 6. The first-order valence-electron chi connectivity index (χ1n) is 13.3. The number of fused-ring (bicyclic) bond motifs is 1. The minimum atomic E-state index is -2.74. The molecule has 2 fully saturated rings. The number of rotatable bonds is 7. The Kier molecular flexibility index (Phi) is 7.29. The summed E-state index contributed by atoms with van der Waals surface area (Å²) < 4.78 is 36.9. The van der Waals surface area contributed by atoms with Crippen molar-refractivity contribution in [1.82, 2.24) is 24.4 Å². The topological polar surface area (TPSA) is 77.5 Å². The minimum Gasteiger partial charge on any atom is -0.372 e. The summed E-state index contributed by atoms with van der Waals surface area (Å²) >= 11 is 0. The highest BCUT2D eigenvalue weighted by Gasteiger charge is 2.29. The van der Waals surface area contributed by atoms with Crippen LogP contribution in [0.3, 0.4) is 0 Å². The van der Waals surface area contributed by atoms with E-state index in [0.717, 1.165) is 31.5 Å². The Morgan fingerprint density at radius 3 is 2.49 bits per heavy atom. The Hall–Kier alpha value is -2.88. The van der Waals surface area contributed by atoms with Gasteiger partial charge < -0.3 is 9.64 Å². The molecule has 1 saturated heterocycles. The summed E-state index contributed by atoms with van der Waals surface area (Å²) in [5.41, 5.74) is 0.715. The largest absolute Gasteiger partial charge is 0.372 e. The predicted molar refractivity (Wildman–Crippen MR) is 136 cm³/mol. The number of hydrogen-bond donors (Lipinski definition) is 0. The molecule has 0 aromatic carbocycles. The highest BCUT2D eigenvalue weighted by Crippen LogP contribution is 2.36. The van der Waals surface area contributed by atoms with E-state index in [2.05, 4.69) is 28.9 Å². The third-order valence-corrected chi connectivity index (χ3v) is 7.85. The molecule has 4 heterocycles. The van der Waals surface area contributed by atoms with Gasteiger partial charge in [-0.1, -0.05) is 13.8 Å². The smallest absolute Gasteiger partial charge is 0.282 e. The second kappa shape index (κ2) is 10.5. The van der Waals surface area contributed by atoms with Gasteiger partial charge in [0.2, 0.25) is 0 Å². The summed E-state index contributed by atoms with van der Waals surface area (Å²) in [5, 5.41) is 8.52. The second-order valence-corrected chi connectivity index (χ2v) is 11.0. The Morgan fingerprint density at radius 1 is 1.14 bits per heavy atom. The van der Waals surface area contributed by atoms with Crippen molar-refractivity contribution in [2.24, 2.45) is 11.8 Å². The number of nitrogens with zero attached hydrogens (tertiary/aromatic N) is 6. The first-order valence-corrected chi connectivity index (χ1v) is 13.3. The summed E-state index contributed by atoms with van der Waals surface area (Å²) in [7, 11) is 0. The summed E-state index contributed by atoms with van der Waals surface area (Å²) in [5.74, 6) is 1.73. The molecule has 0 amide bonds. The lowest BCUT2D eigenvalue weighted by Crippen LogP contribution is -2.45. The Bertz CT molecular complexity index is 1240. The fourth-order valence-corrected chi connectivity index (χ4v) is 5.85. The van der Waals surface area contributed by atoms with Gasteiger partial charge in [0.25, 0.3) is 6.43 Å². The van der Waals surface area contributed by atoms with Crippen LogP contribution in [0.2, 0.25) is 0 Å². The number of ketones is 1. The van der Waals surface area contributed by atoms with Crippen LogP contribution >= 0.6 is 0 Å². The molecule has 5 rings (SSSR count). The van der Waals surface area contributed by atoms with E-state index in [9.17, 15) is 13.6 Å². The van der Waals surface area contributed by atoms with Gasteiger partial charge in [0.1, 0.15) is 11.5 Å². The van der Waals surface area contributed by atoms with Gasteiger partial charge in [0, 0.05) is 37.5 Å². The summed E-state index contributed by atoms with van der Waals surface area (Å²) in [6.07, 6.45) is 6.09. The number of carbonyl (C=O) groups excluding carboxylic acids is 1. The third kappa shape index (κ3) is 5.39. The number of Topliss-reactive ketones (excluding diaryl/α,β-unsaturated/α-hetero) is 1. The number of alkyl halides is 2. The van der Waals surface area contributed by atoms with Gasteiger partial charge in [-0.15, -0.1) is 0 Å². The van der Waals surface area contributed by atoms with Gasteiger partial charge in [-0.2, -0.15) is 10.2 Å². The minimum absolute atomic E-state index is 0.0671. The number of halogens is 2. The summed E-state index contributed by atoms with van der Waals surface area (Å²) in [6.45, 7) is 9.90. The molecule has 0 unspecified atom stereocenters. The van der Waals surface area contributed by atoms with Gasteiger partial charge in [-0.3, -0.25) is 9.48 Å². The van der Waals surface area contributed by atoms with Crippen LogP contribution < -0.4 is 4.90 Å². The lowest BCUT2D eigenvalue weighted by molar-refractivity contribution is -0.00545. The molecular weight excluding hydrogens is 478 g/mol. The maximum atomic E-state index is 13.9.